The van der Waals surface area contributed by atoms with Crippen LogP contribution in [0, 0.1) is 25.2 Å². The summed E-state index contributed by atoms with van der Waals surface area (Å²) in [5.74, 6) is -1.20. The number of nitrogens with one attached hydrogen (secondary N) is 2. The molecule has 2 aromatic carbocycles. The second-order valence-electron chi connectivity index (χ2n) is 14.1. The van der Waals surface area contributed by atoms with Gasteiger partial charge >= 0.3 is 6.18 Å². The number of carbonyl (C=O) groups is 2. The van der Waals surface area contributed by atoms with Crippen LogP contribution in [0.4, 0.5) is 19.1 Å². The summed E-state index contributed by atoms with van der Waals surface area (Å²) in [6.07, 6.45) is -3.09. The summed E-state index contributed by atoms with van der Waals surface area (Å²) in [6, 6.07) is 11.0. The molecule has 10 nitrogen and oxygen atoms in total. The van der Waals surface area contributed by atoms with Crippen LogP contribution in [0.25, 0.3) is 11.3 Å². The van der Waals surface area contributed by atoms with Crippen molar-refractivity contribution in [2.24, 2.45) is 11.3 Å². The monoisotopic (exact) mass is 713 g/mol. The highest BCUT2D eigenvalue weighted by atomic mass is 32.2. The van der Waals surface area contributed by atoms with Crippen molar-refractivity contribution in [2.75, 3.05) is 11.3 Å². The molecule has 2 amide bonds. The van der Waals surface area contributed by atoms with Gasteiger partial charge in [0.1, 0.15) is 6.61 Å². The molecule has 1 atom stereocenters. The van der Waals surface area contributed by atoms with Gasteiger partial charge in [-0.1, -0.05) is 38.1 Å². The van der Waals surface area contributed by atoms with Crippen molar-refractivity contribution in [3.05, 3.63) is 65.2 Å². The Kier molecular flexibility index (Phi) is 9.61. The number of benzene rings is 2. The molecule has 0 unspecified atom stereocenters. The van der Waals surface area contributed by atoms with Crippen molar-refractivity contribution in [2.45, 2.75) is 102 Å². The van der Waals surface area contributed by atoms with E-state index in [0.29, 0.717) is 31.4 Å². The maximum Gasteiger partial charge on any atom is 0.394 e. The fraction of sp³-hybridized carbons (Fsp3) is 0.500. The first-order chi connectivity index (χ1) is 23.6. The standard InChI is InChI=1S/C36H42F3N5O5S/c1-21(2)32(45)40-25-11-13-26(14-12-25)44-27(19-35(15-16-35)36(37,38)39)20-49-30-18-29(31-22(3)7-5-8-23(31)4)41-34(42-30)43-50(47,48)28-10-6-9-24(17-28)33(44)46/h5-10,17-18,21,25-27H,11-16,19-20H2,1-4H3,(H,40,45)(H,41,42,43)/t25-,26+,27-/m1/s1. The van der Waals surface area contributed by atoms with Crippen molar-refractivity contribution in [3.8, 4) is 17.1 Å². The third-order valence-electron chi connectivity index (χ3n) is 10.2. The van der Waals surface area contributed by atoms with E-state index >= 15 is 0 Å². The summed E-state index contributed by atoms with van der Waals surface area (Å²) >= 11 is 0. The molecular formula is C36H42F3N5O5S. The fourth-order valence-electron chi connectivity index (χ4n) is 7.14. The number of aromatic nitrogens is 2. The average Bonchev–Trinajstić information content (AvgIpc) is 3.85. The van der Waals surface area contributed by atoms with E-state index in [4.69, 9.17) is 4.74 Å². The SMILES string of the molecule is Cc1cccc(C)c1-c1cc2nc(n1)NS(=O)(=O)c1cccc(c1)C(=O)N([C@H]1CC[C@@H](NC(=O)C(C)C)CC1)[C@H](CC1(C(F)(F)F)CC1)CO2. The minimum Gasteiger partial charge on any atom is -0.475 e. The average molecular weight is 714 g/mol. The fourth-order valence-corrected chi connectivity index (χ4v) is 8.13. The van der Waals surface area contributed by atoms with Crippen LogP contribution >= 0.6 is 0 Å². The van der Waals surface area contributed by atoms with E-state index in [1.807, 2.05) is 32.0 Å². The molecule has 268 valence electrons. The van der Waals surface area contributed by atoms with E-state index in [2.05, 4.69) is 20.0 Å². The quantitative estimate of drug-likeness (QED) is 0.295. The smallest absolute Gasteiger partial charge is 0.394 e. The maximum atomic E-state index is 14.5. The third-order valence-corrected chi connectivity index (χ3v) is 11.5. The van der Waals surface area contributed by atoms with E-state index in [0.717, 1.165) is 16.7 Å². The number of alkyl halides is 3. The molecule has 3 aliphatic rings. The summed E-state index contributed by atoms with van der Waals surface area (Å²) in [5, 5.41) is 3.04. The summed E-state index contributed by atoms with van der Waals surface area (Å²) in [4.78, 5) is 37.0. The Morgan fingerprint density at radius 3 is 2.32 bits per heavy atom. The highest BCUT2D eigenvalue weighted by Crippen LogP contribution is 2.61. The minimum atomic E-state index is -4.49. The van der Waals surface area contributed by atoms with Crippen molar-refractivity contribution >= 4 is 27.8 Å². The zero-order chi connectivity index (χ0) is 36.0. The molecular weight excluding hydrogens is 671 g/mol. The second-order valence-corrected chi connectivity index (χ2v) is 15.8. The van der Waals surface area contributed by atoms with Crippen molar-refractivity contribution in [1.29, 1.82) is 0 Å². The van der Waals surface area contributed by atoms with Crippen LogP contribution in [0.1, 0.15) is 80.3 Å². The molecule has 6 rings (SSSR count). The van der Waals surface area contributed by atoms with Crippen molar-refractivity contribution < 1.29 is 35.9 Å². The molecule has 0 radical (unpaired) electrons. The van der Waals surface area contributed by atoms with Crippen LogP contribution < -0.4 is 14.8 Å². The van der Waals surface area contributed by atoms with Gasteiger partial charge in [-0.3, -0.25) is 9.59 Å². The number of halogens is 3. The summed E-state index contributed by atoms with van der Waals surface area (Å²) < 4.78 is 79.5. The Balaban J connectivity index is 1.45. The van der Waals surface area contributed by atoms with Crippen LogP contribution in [0.5, 0.6) is 5.88 Å². The van der Waals surface area contributed by atoms with E-state index in [-0.39, 0.29) is 66.0 Å². The normalized spacial score (nSPS) is 23.1. The van der Waals surface area contributed by atoms with Gasteiger partial charge in [-0.05, 0) is 88.1 Å². The van der Waals surface area contributed by atoms with E-state index in [1.165, 1.54) is 35.2 Å². The van der Waals surface area contributed by atoms with Crippen LogP contribution in [-0.4, -0.2) is 66.0 Å². The van der Waals surface area contributed by atoms with Gasteiger partial charge in [0.2, 0.25) is 17.7 Å². The number of amides is 2. The van der Waals surface area contributed by atoms with E-state index in [1.54, 1.807) is 13.8 Å². The van der Waals surface area contributed by atoms with E-state index < -0.39 is 39.6 Å². The van der Waals surface area contributed by atoms with Gasteiger partial charge in [0.15, 0.2) is 0 Å². The number of sulfonamides is 1. The number of nitrogens with zero attached hydrogens (tertiary/aromatic N) is 3. The largest absolute Gasteiger partial charge is 0.475 e. The molecule has 1 aliphatic heterocycles. The number of rotatable bonds is 6. The summed E-state index contributed by atoms with van der Waals surface area (Å²) in [7, 11) is -4.31. The maximum absolute atomic E-state index is 14.5. The first-order valence-corrected chi connectivity index (χ1v) is 18.5. The Bertz CT molecular complexity index is 1870. The molecule has 2 saturated carbocycles. The number of ether oxygens (including phenoxy) is 1. The van der Waals surface area contributed by atoms with Crippen molar-refractivity contribution in [3.63, 3.8) is 0 Å². The molecule has 2 aliphatic carbocycles. The molecule has 14 heteroatoms. The zero-order valence-electron chi connectivity index (χ0n) is 28.5. The molecule has 2 heterocycles. The summed E-state index contributed by atoms with van der Waals surface area (Å²) in [6.45, 7) is 7.05. The predicted molar refractivity (Wildman–Crippen MR) is 181 cm³/mol. The predicted octanol–water partition coefficient (Wildman–Crippen LogP) is 6.58. The molecule has 3 aromatic rings. The first-order valence-electron chi connectivity index (χ1n) is 17.0. The molecule has 2 fully saturated rings. The van der Waals surface area contributed by atoms with Crippen LogP contribution in [0.2, 0.25) is 0 Å². The number of anilines is 1. The highest BCUT2D eigenvalue weighted by molar-refractivity contribution is 7.92. The lowest BCUT2D eigenvalue weighted by atomic mass is 9.87. The van der Waals surface area contributed by atoms with Gasteiger partial charge in [-0.15, -0.1) is 0 Å². The number of carbonyl (C=O) groups excluding carboxylic acids is 2. The lowest BCUT2D eigenvalue weighted by molar-refractivity contribution is -0.193. The van der Waals surface area contributed by atoms with Gasteiger partial charge in [0, 0.05) is 35.2 Å². The van der Waals surface area contributed by atoms with Crippen LogP contribution in [0.15, 0.2) is 53.4 Å². The minimum absolute atomic E-state index is 0.0214. The van der Waals surface area contributed by atoms with Crippen LogP contribution in [0.3, 0.4) is 0 Å². The lowest BCUT2D eigenvalue weighted by Crippen LogP contribution is -2.54. The second kappa shape index (κ2) is 13.5. The number of fused-ring (bicyclic) bond motifs is 4. The Hall–Kier alpha value is -4.20. The molecule has 0 spiro atoms. The highest BCUT2D eigenvalue weighted by Gasteiger charge is 2.64. The Morgan fingerprint density at radius 2 is 1.70 bits per heavy atom. The topological polar surface area (TPSA) is 131 Å². The summed E-state index contributed by atoms with van der Waals surface area (Å²) in [5.41, 5.74) is 0.882. The van der Waals surface area contributed by atoms with Gasteiger partial charge < -0.3 is 15.0 Å². The number of aryl methyl sites for hydroxylation is 2. The van der Waals surface area contributed by atoms with Gasteiger partial charge in [0.05, 0.1) is 22.0 Å². The third kappa shape index (κ3) is 7.31. The van der Waals surface area contributed by atoms with Gasteiger partial charge in [-0.25, -0.2) is 18.1 Å². The molecule has 0 saturated heterocycles. The van der Waals surface area contributed by atoms with Gasteiger partial charge in [0.25, 0.3) is 15.9 Å². The van der Waals surface area contributed by atoms with Gasteiger partial charge in [-0.2, -0.15) is 18.2 Å². The molecule has 1 aromatic heterocycles. The van der Waals surface area contributed by atoms with E-state index in [9.17, 15) is 31.2 Å². The van der Waals surface area contributed by atoms with Crippen LogP contribution in [-0.2, 0) is 14.8 Å². The number of hydrogen-bond acceptors (Lipinski definition) is 7. The van der Waals surface area contributed by atoms with Crippen molar-refractivity contribution in [1.82, 2.24) is 20.2 Å². The lowest BCUT2D eigenvalue weighted by Gasteiger charge is -2.43. The molecule has 4 bridgehead atoms. The Labute approximate surface area is 290 Å². The Morgan fingerprint density at radius 1 is 1.04 bits per heavy atom. The number of hydrogen-bond donors (Lipinski definition) is 2. The molecule has 50 heavy (non-hydrogen) atoms. The first kappa shape index (κ1) is 35.6. The molecule has 2 N–H and O–H groups in total. The zero-order valence-corrected chi connectivity index (χ0v) is 29.3.